The van der Waals surface area contributed by atoms with E-state index in [0.29, 0.717) is 31.3 Å². The molecular weight excluding hydrogens is 220 g/mol. The molecule has 2 saturated heterocycles. The summed E-state index contributed by atoms with van der Waals surface area (Å²) in [6, 6.07) is 3.65. The summed E-state index contributed by atoms with van der Waals surface area (Å²) >= 11 is 0. The molecule has 1 aromatic heterocycles. The zero-order chi connectivity index (χ0) is 11.9. The first-order valence-electron chi connectivity index (χ1n) is 5.73. The van der Waals surface area contributed by atoms with Gasteiger partial charge >= 0.3 is 0 Å². The molecule has 3 rings (SSSR count). The van der Waals surface area contributed by atoms with Gasteiger partial charge in [0.15, 0.2) is 5.79 Å². The molecule has 17 heavy (non-hydrogen) atoms. The summed E-state index contributed by atoms with van der Waals surface area (Å²) in [6.45, 7) is 2.90. The number of anilines is 3. The number of rotatable bonds is 1. The minimum Gasteiger partial charge on any atom is -0.396 e. The molecule has 3 heterocycles. The maximum Gasteiger partial charge on any atom is 0.187 e. The number of nitrogen functional groups attached to an aromatic ring is 2. The van der Waals surface area contributed by atoms with Crippen LogP contribution in [0, 0.1) is 0 Å². The van der Waals surface area contributed by atoms with E-state index in [2.05, 4.69) is 9.88 Å². The van der Waals surface area contributed by atoms with Crippen LogP contribution in [-0.4, -0.2) is 37.1 Å². The summed E-state index contributed by atoms with van der Waals surface area (Å²) in [6.07, 6.45) is 0.860. The molecule has 2 aliphatic rings. The van der Waals surface area contributed by atoms with Gasteiger partial charge < -0.3 is 25.8 Å². The molecule has 0 aliphatic carbocycles. The summed E-state index contributed by atoms with van der Waals surface area (Å²) in [7, 11) is 0. The van der Waals surface area contributed by atoms with Crippen molar-refractivity contribution in [2.45, 2.75) is 12.2 Å². The van der Waals surface area contributed by atoms with Crippen LogP contribution in [0.25, 0.3) is 0 Å². The molecule has 6 heteroatoms. The fourth-order valence-corrected chi connectivity index (χ4v) is 2.33. The lowest BCUT2D eigenvalue weighted by Gasteiger charge is -2.23. The molecular formula is C11H16N4O2. The third kappa shape index (κ3) is 1.79. The molecule has 0 unspecified atom stereocenters. The summed E-state index contributed by atoms with van der Waals surface area (Å²) in [5.74, 6) is 0.766. The van der Waals surface area contributed by atoms with E-state index in [1.165, 1.54) is 0 Å². The van der Waals surface area contributed by atoms with Gasteiger partial charge in [-0.3, -0.25) is 0 Å². The molecule has 0 radical (unpaired) electrons. The minimum absolute atomic E-state index is 0.372. The molecule has 0 bridgehead atoms. The maximum atomic E-state index is 5.71. The van der Waals surface area contributed by atoms with Gasteiger partial charge in [-0.25, -0.2) is 4.98 Å². The van der Waals surface area contributed by atoms with E-state index in [9.17, 15) is 0 Å². The molecule has 1 aromatic rings. The Hall–Kier alpha value is -1.53. The Labute approximate surface area is 99.5 Å². The van der Waals surface area contributed by atoms with Crippen molar-refractivity contribution in [2.75, 3.05) is 42.7 Å². The predicted molar refractivity (Wildman–Crippen MR) is 64.5 cm³/mol. The highest BCUT2D eigenvalue weighted by Crippen LogP contribution is 2.33. The molecule has 0 aromatic carbocycles. The topological polar surface area (TPSA) is 86.6 Å². The Balaban J connectivity index is 1.79. The first-order valence-corrected chi connectivity index (χ1v) is 5.73. The second-order valence-electron chi connectivity index (χ2n) is 4.42. The van der Waals surface area contributed by atoms with Gasteiger partial charge in [0, 0.05) is 13.0 Å². The molecule has 2 aliphatic heterocycles. The third-order valence-electron chi connectivity index (χ3n) is 3.27. The standard InChI is InChI=1S/C11H16N4O2/c12-8-1-2-9(14-10(8)13)15-4-3-11(7-15)16-5-6-17-11/h1-2H,3-7,12H2,(H2,13,14). The zero-order valence-corrected chi connectivity index (χ0v) is 9.56. The van der Waals surface area contributed by atoms with Crippen LogP contribution in [-0.2, 0) is 9.47 Å². The molecule has 92 valence electrons. The van der Waals surface area contributed by atoms with Crippen LogP contribution in [0.2, 0.25) is 0 Å². The largest absolute Gasteiger partial charge is 0.396 e. The molecule has 0 atom stereocenters. The number of nitrogens with two attached hydrogens (primary N) is 2. The second kappa shape index (κ2) is 3.75. The van der Waals surface area contributed by atoms with Crippen molar-refractivity contribution < 1.29 is 9.47 Å². The average Bonchev–Trinajstić information content (AvgIpc) is 2.94. The van der Waals surface area contributed by atoms with Crippen LogP contribution in [0.3, 0.4) is 0 Å². The lowest BCUT2D eigenvalue weighted by Crippen LogP contribution is -2.34. The van der Waals surface area contributed by atoms with Gasteiger partial charge in [0.1, 0.15) is 11.6 Å². The van der Waals surface area contributed by atoms with Crippen LogP contribution >= 0.6 is 0 Å². The van der Waals surface area contributed by atoms with Crippen LogP contribution in [0.15, 0.2) is 12.1 Å². The summed E-state index contributed by atoms with van der Waals surface area (Å²) < 4.78 is 11.3. The van der Waals surface area contributed by atoms with Gasteiger partial charge in [-0.1, -0.05) is 0 Å². The molecule has 1 spiro atoms. The van der Waals surface area contributed by atoms with E-state index in [-0.39, 0.29) is 0 Å². The minimum atomic E-state index is -0.433. The van der Waals surface area contributed by atoms with Gasteiger partial charge in [-0.15, -0.1) is 0 Å². The maximum absolute atomic E-state index is 5.71. The average molecular weight is 236 g/mol. The van der Waals surface area contributed by atoms with Crippen molar-refractivity contribution >= 4 is 17.3 Å². The number of hydrogen-bond donors (Lipinski definition) is 2. The van der Waals surface area contributed by atoms with Crippen LogP contribution in [0.4, 0.5) is 17.3 Å². The number of aromatic nitrogens is 1. The Morgan fingerprint density at radius 2 is 2.00 bits per heavy atom. The first-order chi connectivity index (χ1) is 8.19. The Bertz CT molecular complexity index is 431. The summed E-state index contributed by atoms with van der Waals surface area (Å²) in [4.78, 5) is 6.39. The third-order valence-corrected chi connectivity index (χ3v) is 3.27. The Morgan fingerprint density at radius 3 is 2.71 bits per heavy atom. The van der Waals surface area contributed by atoms with Crippen molar-refractivity contribution in [1.29, 1.82) is 0 Å². The van der Waals surface area contributed by atoms with Gasteiger partial charge in [0.05, 0.1) is 25.4 Å². The highest BCUT2D eigenvalue weighted by Gasteiger charge is 2.43. The molecule has 2 fully saturated rings. The highest BCUT2D eigenvalue weighted by molar-refractivity contribution is 5.62. The first kappa shape index (κ1) is 10.6. The van der Waals surface area contributed by atoms with E-state index in [1.54, 1.807) is 6.07 Å². The Kier molecular flexibility index (Phi) is 2.34. The fourth-order valence-electron chi connectivity index (χ4n) is 2.33. The molecule has 6 nitrogen and oxygen atoms in total. The van der Waals surface area contributed by atoms with E-state index in [0.717, 1.165) is 18.8 Å². The van der Waals surface area contributed by atoms with Gasteiger partial charge in [0.25, 0.3) is 0 Å². The zero-order valence-electron chi connectivity index (χ0n) is 9.56. The lowest BCUT2D eigenvalue weighted by atomic mass is 10.2. The Morgan fingerprint density at radius 1 is 1.24 bits per heavy atom. The van der Waals surface area contributed by atoms with E-state index in [1.807, 2.05) is 6.07 Å². The van der Waals surface area contributed by atoms with Crippen LogP contribution in [0.5, 0.6) is 0 Å². The van der Waals surface area contributed by atoms with Crippen LogP contribution < -0.4 is 16.4 Å². The monoisotopic (exact) mass is 236 g/mol. The van der Waals surface area contributed by atoms with Gasteiger partial charge in [0.2, 0.25) is 0 Å². The van der Waals surface area contributed by atoms with Crippen molar-refractivity contribution in [3.63, 3.8) is 0 Å². The van der Waals surface area contributed by atoms with E-state index >= 15 is 0 Å². The quantitative estimate of drug-likeness (QED) is 0.724. The highest BCUT2D eigenvalue weighted by atomic mass is 16.7. The number of pyridine rings is 1. The lowest BCUT2D eigenvalue weighted by molar-refractivity contribution is -0.137. The van der Waals surface area contributed by atoms with Crippen molar-refractivity contribution in [1.82, 2.24) is 4.98 Å². The summed E-state index contributed by atoms with van der Waals surface area (Å²) in [5, 5.41) is 0. The van der Waals surface area contributed by atoms with Gasteiger partial charge in [-0.2, -0.15) is 0 Å². The van der Waals surface area contributed by atoms with Gasteiger partial charge in [-0.05, 0) is 12.1 Å². The number of nitrogens with zero attached hydrogens (tertiary/aromatic N) is 2. The summed E-state index contributed by atoms with van der Waals surface area (Å²) in [5.41, 5.74) is 11.9. The van der Waals surface area contributed by atoms with Crippen molar-refractivity contribution in [2.24, 2.45) is 0 Å². The fraction of sp³-hybridized carbons (Fsp3) is 0.545. The molecule has 0 saturated carbocycles. The normalized spacial score (nSPS) is 22.5. The molecule has 4 N–H and O–H groups in total. The van der Waals surface area contributed by atoms with Crippen molar-refractivity contribution in [3.8, 4) is 0 Å². The predicted octanol–water partition coefficient (Wildman–Crippen LogP) is 0.199. The van der Waals surface area contributed by atoms with Crippen LogP contribution in [0.1, 0.15) is 6.42 Å². The second-order valence-corrected chi connectivity index (χ2v) is 4.42. The van der Waals surface area contributed by atoms with Crippen molar-refractivity contribution in [3.05, 3.63) is 12.1 Å². The molecule has 0 amide bonds. The number of ether oxygens (including phenoxy) is 2. The smallest absolute Gasteiger partial charge is 0.187 e. The number of hydrogen-bond acceptors (Lipinski definition) is 6. The SMILES string of the molecule is Nc1ccc(N2CCC3(C2)OCCO3)nc1N. The van der Waals surface area contributed by atoms with E-state index in [4.69, 9.17) is 20.9 Å². The van der Waals surface area contributed by atoms with E-state index < -0.39 is 5.79 Å².